The zero-order valence-electron chi connectivity index (χ0n) is 17.0. The first-order valence-electron chi connectivity index (χ1n) is 9.41. The predicted molar refractivity (Wildman–Crippen MR) is 114 cm³/mol. The molecule has 0 spiro atoms. The lowest BCUT2D eigenvalue weighted by Crippen LogP contribution is -2.30. The molecule has 156 valence electrons. The summed E-state index contributed by atoms with van der Waals surface area (Å²) in [5.74, 6) is -1.65. The van der Waals surface area contributed by atoms with Crippen LogP contribution in [0, 0.1) is 20.8 Å². The van der Waals surface area contributed by atoms with Gasteiger partial charge in [0.15, 0.2) is 0 Å². The highest BCUT2D eigenvalue weighted by molar-refractivity contribution is 6.35. The molecule has 1 aliphatic heterocycles. The van der Waals surface area contributed by atoms with Crippen LogP contribution in [0.5, 0.6) is 0 Å². The molecule has 0 fully saturated rings. The summed E-state index contributed by atoms with van der Waals surface area (Å²) in [5, 5.41) is 2.38. The number of H-pyrrole nitrogens is 2. The summed E-state index contributed by atoms with van der Waals surface area (Å²) in [4.78, 5) is 66.9. The van der Waals surface area contributed by atoms with Gasteiger partial charge in [-0.1, -0.05) is 17.7 Å². The third-order valence-electron chi connectivity index (χ3n) is 5.08. The van der Waals surface area contributed by atoms with Gasteiger partial charge in [0.2, 0.25) is 0 Å². The molecule has 3 aromatic rings. The Labute approximate surface area is 175 Å². The fourth-order valence-electron chi connectivity index (χ4n) is 3.81. The van der Waals surface area contributed by atoms with Crippen LogP contribution in [0.2, 0.25) is 0 Å². The molecule has 0 bridgehead atoms. The quantitative estimate of drug-likeness (QED) is 0.560. The lowest BCUT2D eigenvalue weighted by atomic mass is 10.0. The second-order valence-corrected chi connectivity index (χ2v) is 7.39. The number of amides is 3. The summed E-state index contributed by atoms with van der Waals surface area (Å²) in [6.07, 6.45) is 1.08. The van der Waals surface area contributed by atoms with Crippen molar-refractivity contribution in [2.45, 2.75) is 20.8 Å². The van der Waals surface area contributed by atoms with Crippen LogP contribution >= 0.6 is 0 Å². The second-order valence-electron chi connectivity index (χ2n) is 7.39. The van der Waals surface area contributed by atoms with Crippen molar-refractivity contribution in [1.82, 2.24) is 9.97 Å². The number of hydrogen-bond donors (Lipinski definition) is 3. The fraction of sp³-hybridized carbons (Fsp3) is 0.136. The van der Waals surface area contributed by atoms with Crippen molar-refractivity contribution < 1.29 is 14.4 Å². The lowest BCUT2D eigenvalue weighted by Gasteiger charge is -2.20. The largest absolute Gasteiger partial charge is 0.325 e. The molecule has 3 amide bonds. The molecule has 1 aromatic heterocycles. The molecule has 2 aromatic carbocycles. The number of aromatic nitrogens is 2. The third-order valence-corrected chi connectivity index (χ3v) is 5.08. The molecule has 31 heavy (non-hydrogen) atoms. The van der Waals surface area contributed by atoms with Crippen LogP contribution in [0.4, 0.5) is 11.4 Å². The Kier molecular flexibility index (Phi) is 4.65. The van der Waals surface area contributed by atoms with E-state index in [-0.39, 0.29) is 22.4 Å². The first-order chi connectivity index (χ1) is 14.7. The van der Waals surface area contributed by atoms with Gasteiger partial charge < -0.3 is 10.3 Å². The van der Waals surface area contributed by atoms with Crippen LogP contribution in [0.15, 0.2) is 46.1 Å². The van der Waals surface area contributed by atoms with Crippen molar-refractivity contribution in [2.24, 2.45) is 0 Å². The molecule has 0 unspecified atom stereocenters. The number of hydrogen-bond acceptors (Lipinski definition) is 5. The van der Waals surface area contributed by atoms with Gasteiger partial charge >= 0.3 is 5.69 Å². The van der Waals surface area contributed by atoms with Gasteiger partial charge in [-0.2, -0.15) is 0 Å². The molecule has 0 radical (unpaired) electrons. The van der Waals surface area contributed by atoms with Crippen molar-refractivity contribution in [1.29, 1.82) is 0 Å². The van der Waals surface area contributed by atoms with Crippen LogP contribution in [-0.4, -0.2) is 27.7 Å². The first-order valence-corrected chi connectivity index (χ1v) is 9.41. The van der Waals surface area contributed by atoms with E-state index in [0.717, 1.165) is 27.8 Å². The first kappa shape index (κ1) is 20.0. The van der Waals surface area contributed by atoms with E-state index in [0.29, 0.717) is 5.69 Å². The Morgan fingerprint density at radius 2 is 1.55 bits per heavy atom. The average Bonchev–Trinajstić information content (AvgIpc) is 2.94. The van der Waals surface area contributed by atoms with E-state index in [1.54, 1.807) is 0 Å². The maximum atomic E-state index is 13.1. The number of nitrogens with zero attached hydrogens (tertiary/aromatic N) is 1. The molecule has 0 saturated carbocycles. The maximum Gasteiger partial charge on any atom is 0.325 e. The summed E-state index contributed by atoms with van der Waals surface area (Å²) in [6.45, 7) is 5.60. The van der Waals surface area contributed by atoms with Gasteiger partial charge in [-0.15, -0.1) is 0 Å². The van der Waals surface area contributed by atoms with Crippen molar-refractivity contribution in [3.63, 3.8) is 0 Å². The van der Waals surface area contributed by atoms with Crippen LogP contribution in [0.1, 0.15) is 47.8 Å². The average molecular weight is 418 g/mol. The Morgan fingerprint density at radius 3 is 2.19 bits per heavy atom. The van der Waals surface area contributed by atoms with Gasteiger partial charge in [0.05, 0.1) is 16.8 Å². The number of fused-ring (bicyclic) bond motifs is 1. The Morgan fingerprint density at radius 1 is 0.903 bits per heavy atom. The van der Waals surface area contributed by atoms with Crippen molar-refractivity contribution in [2.75, 3.05) is 10.2 Å². The molecular weight excluding hydrogens is 400 g/mol. The SMILES string of the molecule is Cc1cc(C)c(N2C(=O)c3ccc(C(=O)Nc4c[nH]c(=O)[nH]c4=O)cc3C2=O)c(C)c1. The molecule has 0 aliphatic carbocycles. The van der Waals surface area contributed by atoms with E-state index in [1.165, 1.54) is 18.2 Å². The van der Waals surface area contributed by atoms with E-state index in [1.807, 2.05) is 37.9 Å². The van der Waals surface area contributed by atoms with Gasteiger partial charge in [-0.25, -0.2) is 9.69 Å². The molecule has 4 rings (SSSR count). The molecular formula is C22H18N4O5. The standard InChI is InChI=1S/C22H18N4O5/c1-10-6-11(2)17(12(3)7-10)26-20(29)14-5-4-13(8-15(14)21(26)30)18(27)24-16-9-23-22(31)25-19(16)28/h4-9H,1-3H3,(H,24,27)(H2,23,25,28,31). The number of benzene rings is 2. The number of imide groups is 1. The van der Waals surface area contributed by atoms with E-state index >= 15 is 0 Å². The number of aromatic amines is 2. The van der Waals surface area contributed by atoms with Gasteiger partial charge in [0.25, 0.3) is 23.3 Å². The number of carbonyl (C=O) groups excluding carboxylic acids is 3. The van der Waals surface area contributed by atoms with Crippen LogP contribution < -0.4 is 21.5 Å². The smallest absolute Gasteiger partial charge is 0.316 e. The fourth-order valence-corrected chi connectivity index (χ4v) is 3.81. The van der Waals surface area contributed by atoms with Crippen LogP contribution in [0.25, 0.3) is 0 Å². The third kappa shape index (κ3) is 3.35. The minimum Gasteiger partial charge on any atom is -0.316 e. The zero-order valence-corrected chi connectivity index (χ0v) is 17.0. The number of carbonyl (C=O) groups is 3. The summed E-state index contributed by atoms with van der Waals surface area (Å²) in [5.41, 5.74) is 1.91. The minimum atomic E-state index is -0.763. The molecule has 9 heteroatoms. The lowest BCUT2D eigenvalue weighted by molar-refractivity contribution is 0.0925. The Bertz CT molecular complexity index is 1380. The zero-order chi connectivity index (χ0) is 22.4. The molecule has 2 heterocycles. The Balaban J connectivity index is 1.69. The van der Waals surface area contributed by atoms with Gasteiger partial charge in [-0.05, 0) is 50.1 Å². The minimum absolute atomic E-state index is 0.0877. The highest BCUT2D eigenvalue weighted by Gasteiger charge is 2.38. The van der Waals surface area contributed by atoms with Crippen molar-refractivity contribution >= 4 is 29.1 Å². The predicted octanol–water partition coefficient (Wildman–Crippen LogP) is 2.04. The normalized spacial score (nSPS) is 12.8. The number of nitrogens with one attached hydrogen (secondary N) is 3. The van der Waals surface area contributed by atoms with Gasteiger partial charge in [-0.3, -0.25) is 24.2 Å². The number of rotatable bonds is 3. The number of anilines is 2. The highest BCUT2D eigenvalue weighted by Crippen LogP contribution is 2.34. The second kappa shape index (κ2) is 7.21. The van der Waals surface area contributed by atoms with Crippen LogP contribution in [-0.2, 0) is 0 Å². The molecule has 9 nitrogen and oxygen atoms in total. The van der Waals surface area contributed by atoms with Crippen molar-refractivity contribution in [3.8, 4) is 0 Å². The topological polar surface area (TPSA) is 132 Å². The summed E-state index contributed by atoms with van der Waals surface area (Å²) >= 11 is 0. The summed E-state index contributed by atoms with van der Waals surface area (Å²) < 4.78 is 0. The van der Waals surface area contributed by atoms with Gasteiger partial charge in [0, 0.05) is 11.8 Å². The summed E-state index contributed by atoms with van der Waals surface area (Å²) in [7, 11) is 0. The molecule has 0 atom stereocenters. The Hall–Kier alpha value is -4.27. The summed E-state index contributed by atoms with van der Waals surface area (Å²) in [6, 6.07) is 7.93. The molecule has 1 aliphatic rings. The van der Waals surface area contributed by atoms with E-state index < -0.39 is 29.0 Å². The van der Waals surface area contributed by atoms with E-state index in [2.05, 4.69) is 10.3 Å². The van der Waals surface area contributed by atoms with E-state index in [4.69, 9.17) is 0 Å². The highest BCUT2D eigenvalue weighted by atomic mass is 16.2. The van der Waals surface area contributed by atoms with E-state index in [9.17, 15) is 24.0 Å². The van der Waals surface area contributed by atoms with Gasteiger partial charge in [0.1, 0.15) is 5.69 Å². The number of aryl methyl sites for hydroxylation is 3. The van der Waals surface area contributed by atoms with Crippen molar-refractivity contribution in [3.05, 3.63) is 90.7 Å². The monoisotopic (exact) mass is 418 g/mol. The molecule has 0 saturated heterocycles. The maximum absolute atomic E-state index is 13.1. The van der Waals surface area contributed by atoms with Crippen LogP contribution in [0.3, 0.4) is 0 Å². The molecule has 3 N–H and O–H groups in total.